The molecule has 0 unspecified atom stereocenters. The van der Waals surface area contributed by atoms with Crippen molar-refractivity contribution in [3.8, 4) is 0 Å². The molecule has 1 aromatic carbocycles. The van der Waals surface area contributed by atoms with Gasteiger partial charge in [-0.25, -0.2) is 9.97 Å². The van der Waals surface area contributed by atoms with E-state index in [2.05, 4.69) is 9.97 Å². The Labute approximate surface area is 146 Å². The minimum atomic E-state index is -0.181. The molecule has 6 heteroatoms. The van der Waals surface area contributed by atoms with Gasteiger partial charge in [0.15, 0.2) is 0 Å². The molecule has 1 aromatic heterocycles. The zero-order valence-corrected chi connectivity index (χ0v) is 14.4. The van der Waals surface area contributed by atoms with Crippen LogP contribution in [0.15, 0.2) is 36.5 Å². The molecule has 0 saturated carbocycles. The summed E-state index contributed by atoms with van der Waals surface area (Å²) < 4.78 is 5.78. The topological polar surface area (TPSA) is 55.3 Å². The molecule has 24 heavy (non-hydrogen) atoms. The second kappa shape index (κ2) is 7.73. The van der Waals surface area contributed by atoms with Crippen molar-refractivity contribution in [1.82, 2.24) is 14.9 Å². The number of halogens is 1. The van der Waals surface area contributed by atoms with E-state index in [1.807, 2.05) is 42.2 Å². The van der Waals surface area contributed by atoms with Gasteiger partial charge in [-0.1, -0.05) is 23.7 Å². The Balaban J connectivity index is 1.57. The first-order valence-electron chi connectivity index (χ1n) is 8.05. The Morgan fingerprint density at radius 2 is 2.12 bits per heavy atom. The van der Waals surface area contributed by atoms with Gasteiger partial charge in [-0.3, -0.25) is 4.79 Å². The van der Waals surface area contributed by atoms with Crippen LogP contribution in [0.1, 0.15) is 29.6 Å². The highest BCUT2D eigenvalue weighted by Crippen LogP contribution is 2.21. The number of carbonyl (C=O) groups excluding carboxylic acids is 1. The van der Waals surface area contributed by atoms with Crippen LogP contribution in [0, 0.1) is 6.92 Å². The molecule has 1 amide bonds. The Kier molecular flexibility index (Phi) is 5.43. The highest BCUT2D eigenvalue weighted by atomic mass is 35.5. The number of morpholine rings is 1. The van der Waals surface area contributed by atoms with Crippen molar-refractivity contribution in [2.45, 2.75) is 25.9 Å². The summed E-state index contributed by atoms with van der Waals surface area (Å²) in [4.78, 5) is 22.9. The Hall–Kier alpha value is -1.98. The van der Waals surface area contributed by atoms with Gasteiger partial charge in [0.1, 0.15) is 11.9 Å². The predicted molar refractivity (Wildman–Crippen MR) is 91.8 cm³/mol. The van der Waals surface area contributed by atoms with Crippen molar-refractivity contribution >= 4 is 17.5 Å². The Morgan fingerprint density at radius 1 is 1.33 bits per heavy atom. The average Bonchev–Trinajstić information content (AvgIpc) is 2.61. The maximum absolute atomic E-state index is 12.5. The zero-order valence-electron chi connectivity index (χ0n) is 13.6. The van der Waals surface area contributed by atoms with Gasteiger partial charge in [0.25, 0.3) is 0 Å². The summed E-state index contributed by atoms with van der Waals surface area (Å²) in [5, 5.41) is 0.709. The molecule has 2 heterocycles. The molecule has 1 fully saturated rings. The largest absolute Gasteiger partial charge is 0.368 e. The van der Waals surface area contributed by atoms with Crippen LogP contribution in [-0.2, 0) is 16.0 Å². The summed E-state index contributed by atoms with van der Waals surface area (Å²) in [6.45, 7) is 3.54. The minimum Gasteiger partial charge on any atom is -0.368 e. The summed E-state index contributed by atoms with van der Waals surface area (Å²) in [7, 11) is 0. The predicted octanol–water partition coefficient (Wildman–Crippen LogP) is 2.97. The average molecular weight is 346 g/mol. The van der Waals surface area contributed by atoms with Gasteiger partial charge >= 0.3 is 0 Å². The molecule has 0 bridgehead atoms. The van der Waals surface area contributed by atoms with Crippen molar-refractivity contribution in [2.75, 3.05) is 19.7 Å². The fraction of sp³-hybridized carbons (Fsp3) is 0.389. The fourth-order valence-electron chi connectivity index (χ4n) is 2.77. The Bertz CT molecular complexity index is 706. The first kappa shape index (κ1) is 16.9. The van der Waals surface area contributed by atoms with Crippen LogP contribution >= 0.6 is 11.6 Å². The number of ether oxygens (including phenoxy) is 1. The Morgan fingerprint density at radius 3 is 2.88 bits per heavy atom. The highest BCUT2D eigenvalue weighted by molar-refractivity contribution is 6.30. The maximum Gasteiger partial charge on any atom is 0.223 e. The number of carbonyl (C=O) groups is 1. The summed E-state index contributed by atoms with van der Waals surface area (Å²) in [5.41, 5.74) is 1.95. The van der Waals surface area contributed by atoms with Gasteiger partial charge in [-0.05, 0) is 37.1 Å². The van der Waals surface area contributed by atoms with Gasteiger partial charge < -0.3 is 9.64 Å². The van der Waals surface area contributed by atoms with E-state index in [0.29, 0.717) is 43.4 Å². The first-order valence-corrected chi connectivity index (χ1v) is 8.43. The molecule has 0 N–H and O–H groups in total. The highest BCUT2D eigenvalue weighted by Gasteiger charge is 2.26. The molecule has 1 atom stereocenters. The molecule has 1 aliphatic rings. The molecule has 5 nitrogen and oxygen atoms in total. The lowest BCUT2D eigenvalue weighted by atomic mass is 10.1. The number of aryl methyl sites for hydroxylation is 2. The number of amides is 1. The van der Waals surface area contributed by atoms with Crippen molar-refractivity contribution in [1.29, 1.82) is 0 Å². The second-order valence-electron chi connectivity index (χ2n) is 5.85. The standard InChI is InChI=1S/C18H20ClN3O2/c1-13-20-9-8-16(21-13)17-12-22(10-11-24-17)18(23)7-4-14-2-5-15(19)6-3-14/h2-3,5-6,8-9,17H,4,7,10-12H2,1H3/t17-/m1/s1. The quantitative estimate of drug-likeness (QED) is 0.854. The number of rotatable bonds is 4. The second-order valence-corrected chi connectivity index (χ2v) is 6.29. The van der Waals surface area contributed by atoms with E-state index < -0.39 is 0 Å². The number of nitrogens with zero attached hydrogens (tertiary/aromatic N) is 3. The summed E-state index contributed by atoms with van der Waals surface area (Å²) >= 11 is 5.88. The van der Waals surface area contributed by atoms with Crippen LogP contribution in [0.25, 0.3) is 0 Å². The van der Waals surface area contributed by atoms with Crippen LogP contribution in [0.2, 0.25) is 5.02 Å². The summed E-state index contributed by atoms with van der Waals surface area (Å²) in [6, 6.07) is 9.47. The van der Waals surface area contributed by atoms with Gasteiger partial charge in [0.2, 0.25) is 5.91 Å². The monoisotopic (exact) mass is 345 g/mol. The van der Waals surface area contributed by atoms with E-state index in [1.54, 1.807) is 6.20 Å². The number of hydrogen-bond acceptors (Lipinski definition) is 4. The van der Waals surface area contributed by atoms with E-state index in [9.17, 15) is 4.79 Å². The maximum atomic E-state index is 12.5. The van der Waals surface area contributed by atoms with Crippen molar-refractivity contribution in [2.24, 2.45) is 0 Å². The van der Waals surface area contributed by atoms with E-state index >= 15 is 0 Å². The molecule has 2 aromatic rings. The molecular weight excluding hydrogens is 326 g/mol. The molecular formula is C18H20ClN3O2. The molecule has 0 spiro atoms. The lowest BCUT2D eigenvalue weighted by Gasteiger charge is -2.32. The molecule has 1 saturated heterocycles. The number of hydrogen-bond donors (Lipinski definition) is 0. The molecule has 0 radical (unpaired) electrons. The van der Waals surface area contributed by atoms with E-state index in [0.717, 1.165) is 11.3 Å². The third-order valence-corrected chi connectivity index (χ3v) is 4.34. The summed E-state index contributed by atoms with van der Waals surface area (Å²) in [6.07, 6.45) is 2.74. The molecule has 0 aliphatic carbocycles. The minimum absolute atomic E-state index is 0.143. The normalized spacial score (nSPS) is 17.8. The summed E-state index contributed by atoms with van der Waals surface area (Å²) in [5.74, 6) is 0.853. The van der Waals surface area contributed by atoms with Crippen molar-refractivity contribution < 1.29 is 9.53 Å². The molecule has 3 rings (SSSR count). The third-order valence-electron chi connectivity index (χ3n) is 4.09. The first-order chi connectivity index (χ1) is 11.6. The number of aromatic nitrogens is 2. The number of benzene rings is 1. The van der Waals surface area contributed by atoms with E-state index in [-0.39, 0.29) is 12.0 Å². The lowest BCUT2D eigenvalue weighted by molar-refractivity contribution is -0.139. The molecule has 1 aliphatic heterocycles. The zero-order chi connectivity index (χ0) is 16.9. The van der Waals surface area contributed by atoms with Crippen molar-refractivity contribution in [3.05, 3.63) is 58.6 Å². The van der Waals surface area contributed by atoms with Crippen molar-refractivity contribution in [3.63, 3.8) is 0 Å². The van der Waals surface area contributed by atoms with Crippen LogP contribution in [0.4, 0.5) is 0 Å². The third kappa shape index (κ3) is 4.30. The lowest BCUT2D eigenvalue weighted by Crippen LogP contribution is -2.42. The SMILES string of the molecule is Cc1nccc([C@H]2CN(C(=O)CCc3ccc(Cl)cc3)CCO2)n1. The van der Waals surface area contributed by atoms with Gasteiger partial charge in [-0.15, -0.1) is 0 Å². The van der Waals surface area contributed by atoms with Crippen LogP contribution in [0.5, 0.6) is 0 Å². The van der Waals surface area contributed by atoms with Crippen LogP contribution in [0.3, 0.4) is 0 Å². The van der Waals surface area contributed by atoms with E-state index in [1.165, 1.54) is 0 Å². The fourth-order valence-corrected chi connectivity index (χ4v) is 2.89. The van der Waals surface area contributed by atoms with Crippen LogP contribution in [-0.4, -0.2) is 40.5 Å². The van der Waals surface area contributed by atoms with E-state index in [4.69, 9.17) is 16.3 Å². The molecule has 126 valence electrons. The smallest absolute Gasteiger partial charge is 0.223 e. The van der Waals surface area contributed by atoms with Gasteiger partial charge in [0.05, 0.1) is 18.8 Å². The van der Waals surface area contributed by atoms with Gasteiger partial charge in [0, 0.05) is 24.2 Å². The van der Waals surface area contributed by atoms with Gasteiger partial charge in [-0.2, -0.15) is 0 Å². The van der Waals surface area contributed by atoms with Crippen LogP contribution < -0.4 is 0 Å².